The van der Waals surface area contributed by atoms with Crippen LogP contribution < -0.4 is 5.32 Å². The Morgan fingerprint density at radius 2 is 1.74 bits per heavy atom. The zero-order valence-corrected chi connectivity index (χ0v) is 11.5. The Morgan fingerprint density at radius 3 is 2.42 bits per heavy atom. The van der Waals surface area contributed by atoms with Gasteiger partial charge in [0, 0.05) is 12.2 Å². The minimum absolute atomic E-state index is 0.820. The molecule has 1 nitrogen and oxygen atoms in total. The minimum Gasteiger partial charge on any atom is -0.381 e. The van der Waals surface area contributed by atoms with Crippen LogP contribution in [0.4, 0.5) is 5.69 Å². The van der Waals surface area contributed by atoms with Gasteiger partial charge in [-0.3, -0.25) is 0 Å². The predicted octanol–water partition coefficient (Wildman–Crippen LogP) is 4.74. The molecule has 0 bridgehead atoms. The summed E-state index contributed by atoms with van der Waals surface area (Å²) in [7, 11) is 0. The van der Waals surface area contributed by atoms with E-state index in [1.165, 1.54) is 29.7 Å². The predicted molar refractivity (Wildman–Crippen MR) is 81.6 cm³/mol. The van der Waals surface area contributed by atoms with Crippen molar-refractivity contribution in [1.29, 1.82) is 0 Å². The Kier molecular flexibility index (Phi) is 3.54. The van der Waals surface area contributed by atoms with Crippen LogP contribution in [0.1, 0.15) is 42.4 Å². The summed E-state index contributed by atoms with van der Waals surface area (Å²) in [4.78, 5) is 0. The molecule has 1 aliphatic carbocycles. The molecule has 1 saturated carbocycles. The van der Waals surface area contributed by atoms with Gasteiger partial charge in [0.2, 0.25) is 0 Å². The quantitative estimate of drug-likeness (QED) is 0.809. The van der Waals surface area contributed by atoms with E-state index in [1.807, 2.05) is 0 Å². The van der Waals surface area contributed by atoms with Gasteiger partial charge in [-0.1, -0.05) is 43.3 Å². The molecule has 0 unspecified atom stereocenters. The lowest BCUT2D eigenvalue weighted by Crippen LogP contribution is -2.02. The molecule has 1 aliphatic rings. The number of anilines is 1. The normalized spacial score (nSPS) is 14.4. The summed E-state index contributed by atoms with van der Waals surface area (Å²) in [6, 6.07) is 17.6. The lowest BCUT2D eigenvalue weighted by molar-refractivity contribution is 1.03. The van der Waals surface area contributed by atoms with E-state index in [2.05, 4.69) is 60.8 Å². The molecule has 98 valence electrons. The standard InChI is InChI=1S/C18H21N/c1-2-14-7-11-17(12-8-14)19-13-16-5-3-4-6-18(16)15-9-10-15/h3-8,11-12,15,19H,2,9-10,13H2,1H3. The van der Waals surface area contributed by atoms with E-state index in [-0.39, 0.29) is 0 Å². The van der Waals surface area contributed by atoms with E-state index in [9.17, 15) is 0 Å². The van der Waals surface area contributed by atoms with Crippen LogP contribution in [0.15, 0.2) is 48.5 Å². The van der Waals surface area contributed by atoms with Crippen molar-refractivity contribution < 1.29 is 0 Å². The first-order chi connectivity index (χ1) is 9.36. The molecule has 0 saturated heterocycles. The van der Waals surface area contributed by atoms with E-state index in [0.717, 1.165) is 18.9 Å². The Balaban J connectivity index is 1.68. The number of hydrogen-bond acceptors (Lipinski definition) is 1. The third-order valence-electron chi connectivity index (χ3n) is 3.92. The lowest BCUT2D eigenvalue weighted by Gasteiger charge is -2.11. The monoisotopic (exact) mass is 251 g/mol. The highest BCUT2D eigenvalue weighted by Crippen LogP contribution is 2.41. The van der Waals surface area contributed by atoms with Gasteiger partial charge in [-0.15, -0.1) is 0 Å². The van der Waals surface area contributed by atoms with E-state index in [1.54, 1.807) is 5.56 Å². The van der Waals surface area contributed by atoms with Gasteiger partial charge < -0.3 is 5.32 Å². The van der Waals surface area contributed by atoms with Crippen molar-refractivity contribution in [3.05, 3.63) is 65.2 Å². The van der Waals surface area contributed by atoms with Crippen LogP contribution in [-0.4, -0.2) is 0 Å². The molecule has 2 aromatic carbocycles. The van der Waals surface area contributed by atoms with Crippen LogP contribution in [0.25, 0.3) is 0 Å². The van der Waals surface area contributed by atoms with Crippen LogP contribution in [0, 0.1) is 0 Å². The molecule has 0 radical (unpaired) electrons. The van der Waals surface area contributed by atoms with Crippen molar-refractivity contribution in [3.8, 4) is 0 Å². The summed E-state index contributed by atoms with van der Waals surface area (Å²) in [6.45, 7) is 3.12. The van der Waals surface area contributed by atoms with Crippen molar-refractivity contribution in [2.24, 2.45) is 0 Å². The lowest BCUT2D eigenvalue weighted by atomic mass is 10.0. The molecule has 0 heterocycles. The van der Waals surface area contributed by atoms with E-state index < -0.39 is 0 Å². The Hall–Kier alpha value is -1.76. The van der Waals surface area contributed by atoms with Crippen molar-refractivity contribution in [1.82, 2.24) is 0 Å². The van der Waals surface area contributed by atoms with E-state index in [4.69, 9.17) is 0 Å². The molecule has 1 heteroatoms. The summed E-state index contributed by atoms with van der Waals surface area (Å²) in [5, 5.41) is 3.54. The number of rotatable bonds is 5. The summed E-state index contributed by atoms with van der Waals surface area (Å²) in [5.74, 6) is 0.820. The maximum absolute atomic E-state index is 3.54. The molecule has 0 aliphatic heterocycles. The van der Waals surface area contributed by atoms with Crippen molar-refractivity contribution >= 4 is 5.69 Å². The average molecular weight is 251 g/mol. The first kappa shape index (κ1) is 12.3. The van der Waals surface area contributed by atoms with E-state index >= 15 is 0 Å². The molecule has 0 spiro atoms. The topological polar surface area (TPSA) is 12.0 Å². The van der Waals surface area contributed by atoms with Crippen LogP contribution >= 0.6 is 0 Å². The van der Waals surface area contributed by atoms with Crippen LogP contribution in [0.5, 0.6) is 0 Å². The summed E-state index contributed by atoms with van der Waals surface area (Å²) in [5.41, 5.74) is 5.59. The highest BCUT2D eigenvalue weighted by molar-refractivity contribution is 5.46. The van der Waals surface area contributed by atoms with Crippen molar-refractivity contribution in [3.63, 3.8) is 0 Å². The van der Waals surface area contributed by atoms with Gasteiger partial charge in [0.25, 0.3) is 0 Å². The van der Waals surface area contributed by atoms with Gasteiger partial charge in [0.15, 0.2) is 0 Å². The fraction of sp³-hybridized carbons (Fsp3) is 0.333. The van der Waals surface area contributed by atoms with Gasteiger partial charge in [0.05, 0.1) is 0 Å². The second-order valence-corrected chi connectivity index (χ2v) is 5.38. The van der Waals surface area contributed by atoms with Crippen molar-refractivity contribution in [2.45, 2.75) is 38.6 Å². The highest BCUT2D eigenvalue weighted by Gasteiger charge is 2.25. The van der Waals surface area contributed by atoms with Gasteiger partial charge >= 0.3 is 0 Å². The van der Waals surface area contributed by atoms with Crippen LogP contribution in [0.2, 0.25) is 0 Å². The molecule has 0 amide bonds. The fourth-order valence-corrected chi connectivity index (χ4v) is 2.54. The summed E-state index contributed by atoms with van der Waals surface area (Å²) < 4.78 is 0. The Labute approximate surface area is 115 Å². The second kappa shape index (κ2) is 5.48. The molecule has 1 fully saturated rings. The van der Waals surface area contributed by atoms with Gasteiger partial charge in [0.1, 0.15) is 0 Å². The zero-order chi connectivity index (χ0) is 13.1. The fourth-order valence-electron chi connectivity index (χ4n) is 2.54. The third-order valence-corrected chi connectivity index (χ3v) is 3.92. The highest BCUT2D eigenvalue weighted by atomic mass is 14.9. The maximum Gasteiger partial charge on any atom is 0.0403 e. The largest absolute Gasteiger partial charge is 0.381 e. The Bertz CT molecular complexity index is 538. The molecule has 19 heavy (non-hydrogen) atoms. The summed E-state index contributed by atoms with van der Waals surface area (Å²) >= 11 is 0. The molecule has 1 N–H and O–H groups in total. The average Bonchev–Trinajstić information content (AvgIpc) is 3.30. The number of aryl methyl sites for hydroxylation is 1. The second-order valence-electron chi connectivity index (χ2n) is 5.38. The molecular weight excluding hydrogens is 230 g/mol. The smallest absolute Gasteiger partial charge is 0.0403 e. The van der Waals surface area contributed by atoms with Crippen molar-refractivity contribution in [2.75, 3.05) is 5.32 Å². The first-order valence-electron chi connectivity index (χ1n) is 7.27. The summed E-state index contributed by atoms with van der Waals surface area (Å²) in [6.07, 6.45) is 3.83. The van der Waals surface area contributed by atoms with Gasteiger partial charge in [-0.05, 0) is 54.0 Å². The van der Waals surface area contributed by atoms with Crippen LogP contribution in [0.3, 0.4) is 0 Å². The van der Waals surface area contributed by atoms with Gasteiger partial charge in [-0.25, -0.2) is 0 Å². The molecule has 2 aromatic rings. The SMILES string of the molecule is CCc1ccc(NCc2ccccc2C2CC2)cc1. The molecule has 3 rings (SSSR count). The third kappa shape index (κ3) is 2.98. The Morgan fingerprint density at radius 1 is 1.00 bits per heavy atom. The van der Waals surface area contributed by atoms with E-state index in [0.29, 0.717) is 0 Å². The maximum atomic E-state index is 3.54. The molecule has 0 aromatic heterocycles. The zero-order valence-electron chi connectivity index (χ0n) is 11.5. The first-order valence-corrected chi connectivity index (χ1v) is 7.27. The minimum atomic E-state index is 0.820. The molecule has 0 atom stereocenters. The number of hydrogen-bond donors (Lipinski definition) is 1. The van der Waals surface area contributed by atoms with Crippen LogP contribution in [-0.2, 0) is 13.0 Å². The van der Waals surface area contributed by atoms with Gasteiger partial charge in [-0.2, -0.15) is 0 Å². The number of benzene rings is 2. The number of nitrogens with one attached hydrogen (secondary N) is 1. The molecular formula is C18H21N.